The SMILES string of the molecule is COC(=O)c1ccc(CNC(C)CO)cc1. The predicted molar refractivity (Wildman–Crippen MR) is 61.2 cm³/mol. The van der Waals surface area contributed by atoms with Gasteiger partial charge in [0.1, 0.15) is 0 Å². The monoisotopic (exact) mass is 223 g/mol. The van der Waals surface area contributed by atoms with E-state index in [1.165, 1.54) is 7.11 Å². The molecule has 0 aliphatic carbocycles. The standard InChI is InChI=1S/C12H17NO3/c1-9(8-14)13-7-10-3-5-11(6-4-10)12(15)16-2/h3-6,9,13-14H,7-8H2,1-2H3. The van der Waals surface area contributed by atoms with Gasteiger partial charge in [0.05, 0.1) is 19.3 Å². The summed E-state index contributed by atoms with van der Waals surface area (Å²) in [5.41, 5.74) is 1.61. The molecule has 0 heterocycles. The van der Waals surface area contributed by atoms with Crippen LogP contribution in [-0.4, -0.2) is 30.8 Å². The van der Waals surface area contributed by atoms with Crippen LogP contribution in [0.15, 0.2) is 24.3 Å². The third-order valence-electron chi connectivity index (χ3n) is 2.30. The number of benzene rings is 1. The van der Waals surface area contributed by atoms with Crippen LogP contribution >= 0.6 is 0 Å². The summed E-state index contributed by atoms with van der Waals surface area (Å²) in [6.45, 7) is 2.69. The number of hydrogen-bond acceptors (Lipinski definition) is 4. The highest BCUT2D eigenvalue weighted by Crippen LogP contribution is 2.05. The molecule has 1 aromatic rings. The third kappa shape index (κ3) is 3.64. The van der Waals surface area contributed by atoms with Crippen LogP contribution in [0.25, 0.3) is 0 Å². The number of rotatable bonds is 5. The minimum absolute atomic E-state index is 0.0697. The van der Waals surface area contributed by atoms with E-state index in [0.717, 1.165) is 5.56 Å². The Balaban J connectivity index is 2.54. The second-order valence-corrected chi connectivity index (χ2v) is 3.65. The van der Waals surface area contributed by atoms with Crippen molar-refractivity contribution < 1.29 is 14.6 Å². The zero-order valence-electron chi connectivity index (χ0n) is 9.56. The summed E-state index contributed by atoms with van der Waals surface area (Å²) in [4.78, 5) is 11.2. The van der Waals surface area contributed by atoms with Gasteiger partial charge in [0, 0.05) is 12.6 Å². The first kappa shape index (κ1) is 12.7. The van der Waals surface area contributed by atoms with E-state index >= 15 is 0 Å². The molecule has 0 saturated carbocycles. The molecule has 0 aliphatic heterocycles. The van der Waals surface area contributed by atoms with Gasteiger partial charge in [-0.25, -0.2) is 4.79 Å². The number of aliphatic hydroxyl groups excluding tert-OH is 1. The summed E-state index contributed by atoms with van der Waals surface area (Å²) in [6, 6.07) is 7.26. The molecule has 2 N–H and O–H groups in total. The number of hydrogen-bond donors (Lipinski definition) is 2. The van der Waals surface area contributed by atoms with E-state index in [9.17, 15) is 4.79 Å². The lowest BCUT2D eigenvalue weighted by Gasteiger charge is -2.10. The molecule has 0 fully saturated rings. The molecule has 0 spiro atoms. The molecule has 0 aliphatic rings. The van der Waals surface area contributed by atoms with E-state index in [1.54, 1.807) is 12.1 Å². The molecule has 0 aromatic heterocycles. The topological polar surface area (TPSA) is 58.6 Å². The van der Waals surface area contributed by atoms with Crippen molar-refractivity contribution in [2.24, 2.45) is 0 Å². The molecule has 4 heteroatoms. The van der Waals surface area contributed by atoms with Crippen LogP contribution < -0.4 is 5.32 Å². The first-order valence-electron chi connectivity index (χ1n) is 5.19. The number of aliphatic hydroxyl groups is 1. The third-order valence-corrected chi connectivity index (χ3v) is 2.30. The van der Waals surface area contributed by atoms with Gasteiger partial charge < -0.3 is 15.2 Å². The molecule has 0 bridgehead atoms. The molecular formula is C12H17NO3. The zero-order chi connectivity index (χ0) is 12.0. The molecule has 1 unspecified atom stereocenters. The van der Waals surface area contributed by atoms with Crippen LogP contribution in [0.2, 0.25) is 0 Å². The van der Waals surface area contributed by atoms with Crippen molar-refractivity contribution in [2.45, 2.75) is 19.5 Å². The lowest BCUT2D eigenvalue weighted by atomic mass is 10.1. The van der Waals surface area contributed by atoms with Gasteiger partial charge in [-0.15, -0.1) is 0 Å². The Morgan fingerprint density at radius 1 is 1.44 bits per heavy atom. The quantitative estimate of drug-likeness (QED) is 0.729. The normalized spacial score (nSPS) is 12.2. The highest BCUT2D eigenvalue weighted by Gasteiger charge is 2.04. The summed E-state index contributed by atoms with van der Waals surface area (Å²) in [5.74, 6) is -0.330. The predicted octanol–water partition coefficient (Wildman–Crippen LogP) is 0.944. The second kappa shape index (κ2) is 6.25. The van der Waals surface area contributed by atoms with Crippen LogP contribution in [0.5, 0.6) is 0 Å². The molecular weight excluding hydrogens is 206 g/mol. The van der Waals surface area contributed by atoms with Crippen molar-refractivity contribution in [1.82, 2.24) is 5.32 Å². The molecule has 0 saturated heterocycles. The molecule has 1 rings (SSSR count). The van der Waals surface area contributed by atoms with Crippen LogP contribution in [-0.2, 0) is 11.3 Å². The number of carbonyl (C=O) groups excluding carboxylic acids is 1. The average Bonchev–Trinajstić information content (AvgIpc) is 2.35. The molecule has 1 aromatic carbocycles. The lowest BCUT2D eigenvalue weighted by Crippen LogP contribution is -2.28. The maximum atomic E-state index is 11.2. The van der Waals surface area contributed by atoms with Crippen molar-refractivity contribution >= 4 is 5.97 Å². The first-order chi connectivity index (χ1) is 7.67. The van der Waals surface area contributed by atoms with Crippen molar-refractivity contribution in [2.75, 3.05) is 13.7 Å². The highest BCUT2D eigenvalue weighted by atomic mass is 16.5. The smallest absolute Gasteiger partial charge is 0.337 e. The Morgan fingerprint density at radius 2 is 2.06 bits per heavy atom. The Labute approximate surface area is 95.2 Å². The summed E-state index contributed by atoms with van der Waals surface area (Å²) >= 11 is 0. The van der Waals surface area contributed by atoms with Gasteiger partial charge in [-0.3, -0.25) is 0 Å². The number of methoxy groups -OCH3 is 1. The minimum Gasteiger partial charge on any atom is -0.465 e. The zero-order valence-corrected chi connectivity index (χ0v) is 9.56. The molecule has 4 nitrogen and oxygen atoms in total. The largest absolute Gasteiger partial charge is 0.465 e. The van der Waals surface area contributed by atoms with Gasteiger partial charge in [0.2, 0.25) is 0 Å². The highest BCUT2D eigenvalue weighted by molar-refractivity contribution is 5.89. The van der Waals surface area contributed by atoms with Crippen molar-refractivity contribution in [3.63, 3.8) is 0 Å². The van der Waals surface area contributed by atoms with Gasteiger partial charge in [-0.05, 0) is 24.6 Å². The average molecular weight is 223 g/mol. The van der Waals surface area contributed by atoms with E-state index in [4.69, 9.17) is 5.11 Å². The number of nitrogens with one attached hydrogen (secondary N) is 1. The van der Waals surface area contributed by atoms with Crippen LogP contribution in [0.3, 0.4) is 0 Å². The molecule has 16 heavy (non-hydrogen) atoms. The summed E-state index contributed by atoms with van der Waals surface area (Å²) in [7, 11) is 1.36. The van der Waals surface area contributed by atoms with E-state index < -0.39 is 0 Å². The van der Waals surface area contributed by atoms with Gasteiger partial charge in [-0.2, -0.15) is 0 Å². The molecule has 1 atom stereocenters. The number of carbonyl (C=O) groups is 1. The fourth-order valence-electron chi connectivity index (χ4n) is 1.23. The molecule has 0 radical (unpaired) electrons. The summed E-state index contributed by atoms with van der Waals surface area (Å²) in [5, 5.41) is 12.0. The van der Waals surface area contributed by atoms with Gasteiger partial charge in [-0.1, -0.05) is 12.1 Å². The Morgan fingerprint density at radius 3 is 2.56 bits per heavy atom. The summed E-state index contributed by atoms with van der Waals surface area (Å²) < 4.78 is 4.60. The van der Waals surface area contributed by atoms with Crippen LogP contribution in [0.4, 0.5) is 0 Å². The second-order valence-electron chi connectivity index (χ2n) is 3.65. The fourth-order valence-corrected chi connectivity index (χ4v) is 1.23. The Hall–Kier alpha value is -1.39. The van der Waals surface area contributed by atoms with Crippen molar-refractivity contribution in [1.29, 1.82) is 0 Å². The lowest BCUT2D eigenvalue weighted by molar-refractivity contribution is 0.0600. The van der Waals surface area contributed by atoms with Crippen LogP contribution in [0, 0.1) is 0 Å². The van der Waals surface area contributed by atoms with Gasteiger partial charge in [0.15, 0.2) is 0 Å². The molecule has 0 amide bonds. The number of ether oxygens (including phenoxy) is 1. The Kier molecular flexibility index (Phi) is 4.95. The van der Waals surface area contributed by atoms with E-state index in [0.29, 0.717) is 12.1 Å². The maximum absolute atomic E-state index is 11.2. The van der Waals surface area contributed by atoms with Crippen molar-refractivity contribution in [3.8, 4) is 0 Å². The maximum Gasteiger partial charge on any atom is 0.337 e. The van der Waals surface area contributed by atoms with Gasteiger partial charge in [0.25, 0.3) is 0 Å². The van der Waals surface area contributed by atoms with Gasteiger partial charge >= 0.3 is 5.97 Å². The molecule has 88 valence electrons. The first-order valence-corrected chi connectivity index (χ1v) is 5.19. The minimum atomic E-state index is -0.330. The fraction of sp³-hybridized carbons (Fsp3) is 0.417. The van der Waals surface area contributed by atoms with E-state index in [1.807, 2.05) is 19.1 Å². The van der Waals surface area contributed by atoms with E-state index in [-0.39, 0.29) is 18.6 Å². The Bertz CT molecular complexity index is 335. The number of esters is 1. The van der Waals surface area contributed by atoms with Crippen LogP contribution in [0.1, 0.15) is 22.8 Å². The van der Waals surface area contributed by atoms with E-state index in [2.05, 4.69) is 10.1 Å². The summed E-state index contributed by atoms with van der Waals surface area (Å²) in [6.07, 6.45) is 0. The van der Waals surface area contributed by atoms with Crippen molar-refractivity contribution in [3.05, 3.63) is 35.4 Å².